The number of thiazole rings is 1. The Balaban J connectivity index is 0.00000267. The van der Waals surface area contributed by atoms with E-state index in [1.165, 1.54) is 48.9 Å². The molecule has 36 heavy (non-hydrogen) atoms. The molecule has 1 aliphatic heterocycles. The number of nitrogens with one attached hydrogen (secondary N) is 1. The van der Waals surface area contributed by atoms with Crippen molar-refractivity contribution in [3.63, 3.8) is 0 Å². The van der Waals surface area contributed by atoms with E-state index in [2.05, 4.69) is 64.1 Å². The fraction of sp³-hybridized carbons (Fsp3) is 0.357. The molecule has 2 aromatic carbocycles. The monoisotopic (exact) mass is 539 g/mol. The van der Waals surface area contributed by atoms with Gasteiger partial charge in [0.1, 0.15) is 5.69 Å². The SMILES string of the molecule is CC(C)Cc1cn(-c2nc(-c3nc4ccc(CN5CCCCC5)cc4[nH]3)cs2)c2cc(Cl)ccc12.Cl. The smallest absolute Gasteiger partial charge is 0.194 e. The van der Waals surface area contributed by atoms with Crippen molar-refractivity contribution in [2.45, 2.75) is 46.1 Å². The van der Waals surface area contributed by atoms with Crippen molar-refractivity contribution in [1.82, 2.24) is 24.4 Å². The van der Waals surface area contributed by atoms with Crippen molar-refractivity contribution in [3.05, 3.63) is 64.1 Å². The molecule has 0 bridgehead atoms. The normalized spacial score (nSPS) is 14.7. The second-order valence-electron chi connectivity index (χ2n) is 10.1. The summed E-state index contributed by atoms with van der Waals surface area (Å²) in [4.78, 5) is 15.9. The van der Waals surface area contributed by atoms with Gasteiger partial charge in [-0.1, -0.05) is 44.0 Å². The van der Waals surface area contributed by atoms with Gasteiger partial charge in [0.15, 0.2) is 11.0 Å². The quantitative estimate of drug-likeness (QED) is 0.238. The first kappa shape index (κ1) is 25.3. The van der Waals surface area contributed by atoms with Gasteiger partial charge >= 0.3 is 0 Å². The number of H-pyrrole nitrogens is 1. The van der Waals surface area contributed by atoms with Crippen LogP contribution < -0.4 is 0 Å². The fourth-order valence-electron chi connectivity index (χ4n) is 5.17. The van der Waals surface area contributed by atoms with Crippen LogP contribution in [0, 0.1) is 5.92 Å². The second-order valence-corrected chi connectivity index (χ2v) is 11.3. The average molecular weight is 541 g/mol. The van der Waals surface area contributed by atoms with E-state index < -0.39 is 0 Å². The standard InChI is InChI=1S/C28H30ClN5S.ClH/c1-18(2)12-20-16-34(26-14-21(29)7-8-22(20)26)28-32-25(17-35-28)27-30-23-9-6-19(13-24(23)31-27)15-33-10-4-3-5-11-33;/h6-9,13-14,16-18H,3-5,10-12,15H2,1-2H3,(H,30,31);1H. The van der Waals surface area contributed by atoms with Crippen LogP contribution in [-0.2, 0) is 13.0 Å². The zero-order valence-corrected chi connectivity index (χ0v) is 23.0. The molecule has 5 nitrogen and oxygen atoms in total. The Morgan fingerprint density at radius 3 is 2.69 bits per heavy atom. The molecule has 1 N–H and O–H groups in total. The first-order valence-corrected chi connectivity index (χ1v) is 13.8. The van der Waals surface area contributed by atoms with Crippen LogP contribution in [0.3, 0.4) is 0 Å². The molecular formula is C28H31Cl2N5S. The van der Waals surface area contributed by atoms with E-state index in [9.17, 15) is 0 Å². The summed E-state index contributed by atoms with van der Waals surface area (Å²) in [5.74, 6) is 1.39. The summed E-state index contributed by atoms with van der Waals surface area (Å²) in [5, 5.41) is 4.99. The van der Waals surface area contributed by atoms with Gasteiger partial charge in [-0.2, -0.15) is 0 Å². The molecule has 1 saturated heterocycles. The third kappa shape index (κ3) is 5.05. The molecule has 0 unspecified atom stereocenters. The molecule has 1 fully saturated rings. The van der Waals surface area contributed by atoms with E-state index >= 15 is 0 Å². The minimum atomic E-state index is 0. The highest BCUT2D eigenvalue weighted by atomic mass is 35.5. The predicted molar refractivity (Wildman–Crippen MR) is 154 cm³/mol. The van der Waals surface area contributed by atoms with Crippen LogP contribution in [0.4, 0.5) is 0 Å². The predicted octanol–water partition coefficient (Wildman–Crippen LogP) is 7.89. The van der Waals surface area contributed by atoms with Crippen LogP contribution in [0.25, 0.3) is 38.6 Å². The number of piperidine rings is 1. The summed E-state index contributed by atoms with van der Waals surface area (Å²) < 4.78 is 2.17. The van der Waals surface area contributed by atoms with Gasteiger partial charge in [-0.25, -0.2) is 9.97 Å². The maximum absolute atomic E-state index is 6.37. The molecule has 0 spiro atoms. The number of rotatable bonds is 6. The first-order valence-electron chi connectivity index (χ1n) is 12.5. The van der Waals surface area contributed by atoms with Gasteiger partial charge in [-0.3, -0.25) is 9.47 Å². The van der Waals surface area contributed by atoms with E-state index in [1.54, 1.807) is 11.3 Å². The molecule has 0 radical (unpaired) electrons. The first-order chi connectivity index (χ1) is 17.0. The van der Waals surface area contributed by atoms with Crippen LogP contribution >= 0.6 is 35.3 Å². The summed E-state index contributed by atoms with van der Waals surface area (Å²) in [6.45, 7) is 7.91. The number of hydrogen-bond acceptors (Lipinski definition) is 4. The number of imidazole rings is 1. The summed E-state index contributed by atoms with van der Waals surface area (Å²) in [6.07, 6.45) is 7.22. The molecule has 0 atom stereocenters. The Hall–Kier alpha value is -2.38. The molecule has 4 heterocycles. The zero-order chi connectivity index (χ0) is 23.9. The molecule has 0 aliphatic carbocycles. The van der Waals surface area contributed by atoms with Gasteiger partial charge in [0.25, 0.3) is 0 Å². The van der Waals surface area contributed by atoms with E-state index in [-0.39, 0.29) is 12.4 Å². The Bertz CT molecular complexity index is 1490. The van der Waals surface area contributed by atoms with Crippen LogP contribution in [-0.4, -0.2) is 37.5 Å². The third-order valence-electron chi connectivity index (χ3n) is 6.82. The maximum Gasteiger partial charge on any atom is 0.194 e. The van der Waals surface area contributed by atoms with Crippen molar-refractivity contribution in [1.29, 1.82) is 0 Å². The zero-order valence-electron chi connectivity index (χ0n) is 20.6. The van der Waals surface area contributed by atoms with E-state index in [1.807, 2.05) is 12.1 Å². The fourth-order valence-corrected chi connectivity index (χ4v) is 6.13. The molecule has 0 saturated carbocycles. The van der Waals surface area contributed by atoms with Crippen molar-refractivity contribution in [2.75, 3.05) is 13.1 Å². The van der Waals surface area contributed by atoms with Crippen molar-refractivity contribution in [3.8, 4) is 16.6 Å². The van der Waals surface area contributed by atoms with E-state index in [4.69, 9.17) is 21.6 Å². The molecular weight excluding hydrogens is 509 g/mol. The molecule has 188 valence electrons. The topological polar surface area (TPSA) is 49.7 Å². The summed E-state index contributed by atoms with van der Waals surface area (Å²) >= 11 is 7.99. The van der Waals surface area contributed by atoms with Gasteiger partial charge in [0.05, 0.1) is 16.6 Å². The van der Waals surface area contributed by atoms with Crippen molar-refractivity contribution in [2.24, 2.45) is 5.92 Å². The molecule has 5 aromatic rings. The lowest BCUT2D eigenvalue weighted by Gasteiger charge is -2.26. The summed E-state index contributed by atoms with van der Waals surface area (Å²) in [7, 11) is 0. The van der Waals surface area contributed by atoms with Gasteiger partial charge in [-0.15, -0.1) is 23.7 Å². The number of fused-ring (bicyclic) bond motifs is 2. The van der Waals surface area contributed by atoms with Crippen LogP contribution in [0.5, 0.6) is 0 Å². The number of benzene rings is 2. The van der Waals surface area contributed by atoms with Gasteiger partial charge in [0.2, 0.25) is 0 Å². The number of aromatic amines is 1. The lowest BCUT2D eigenvalue weighted by atomic mass is 10.0. The van der Waals surface area contributed by atoms with Gasteiger partial charge in [0, 0.05) is 28.5 Å². The minimum absolute atomic E-state index is 0. The molecule has 3 aromatic heterocycles. The summed E-state index contributed by atoms with van der Waals surface area (Å²) in [6, 6.07) is 12.7. The lowest BCUT2D eigenvalue weighted by Crippen LogP contribution is -2.29. The van der Waals surface area contributed by atoms with E-state index in [0.29, 0.717) is 5.92 Å². The molecule has 1 aliphatic rings. The number of aromatic nitrogens is 4. The highest BCUT2D eigenvalue weighted by Gasteiger charge is 2.16. The number of nitrogens with zero attached hydrogens (tertiary/aromatic N) is 4. The van der Waals surface area contributed by atoms with Gasteiger partial charge < -0.3 is 4.98 Å². The molecule has 0 amide bonds. The molecule has 8 heteroatoms. The Labute approximate surface area is 226 Å². The van der Waals surface area contributed by atoms with Crippen LogP contribution in [0.15, 0.2) is 48.0 Å². The van der Waals surface area contributed by atoms with Crippen molar-refractivity contribution >= 4 is 57.3 Å². The largest absolute Gasteiger partial charge is 0.337 e. The Morgan fingerprint density at radius 1 is 1.06 bits per heavy atom. The third-order valence-corrected chi connectivity index (χ3v) is 7.90. The molecule has 6 rings (SSSR count). The highest BCUT2D eigenvalue weighted by Crippen LogP contribution is 2.32. The number of halogens is 2. The number of hydrogen-bond donors (Lipinski definition) is 1. The highest BCUT2D eigenvalue weighted by molar-refractivity contribution is 7.12. The Morgan fingerprint density at radius 2 is 1.89 bits per heavy atom. The average Bonchev–Trinajstić information content (AvgIpc) is 3.56. The minimum Gasteiger partial charge on any atom is -0.337 e. The lowest BCUT2D eigenvalue weighted by molar-refractivity contribution is 0.221. The second kappa shape index (κ2) is 10.5. The maximum atomic E-state index is 6.37. The van der Waals surface area contributed by atoms with E-state index in [0.717, 1.165) is 51.2 Å². The number of likely N-dealkylation sites (tertiary alicyclic amines) is 1. The van der Waals surface area contributed by atoms with Gasteiger partial charge in [-0.05, 0) is 73.7 Å². The van der Waals surface area contributed by atoms with Crippen LogP contribution in [0.2, 0.25) is 5.02 Å². The summed E-state index contributed by atoms with van der Waals surface area (Å²) in [5.41, 5.74) is 6.68. The van der Waals surface area contributed by atoms with Crippen molar-refractivity contribution < 1.29 is 0 Å². The van der Waals surface area contributed by atoms with Crippen LogP contribution in [0.1, 0.15) is 44.2 Å². The Kier molecular flexibility index (Phi) is 7.40.